The van der Waals surface area contributed by atoms with Crippen molar-refractivity contribution in [3.05, 3.63) is 11.5 Å². The minimum absolute atomic E-state index is 0.0696. The summed E-state index contributed by atoms with van der Waals surface area (Å²) in [6, 6.07) is 0.219. The molecule has 4 rings (SSSR count). The van der Waals surface area contributed by atoms with Crippen molar-refractivity contribution in [1.82, 2.24) is 19.7 Å². The smallest absolute Gasteiger partial charge is 0.361 e. The highest BCUT2D eigenvalue weighted by Crippen LogP contribution is 2.51. The van der Waals surface area contributed by atoms with Crippen molar-refractivity contribution in [2.24, 2.45) is 0 Å². The molecule has 2 fully saturated rings. The monoisotopic (exact) mass is 609 g/mol. The Morgan fingerprint density at radius 2 is 2.00 bits per heavy atom. The molecule has 5 atom stereocenters. The number of esters is 1. The van der Waals surface area contributed by atoms with Gasteiger partial charge in [-0.3, -0.25) is 4.57 Å². The second-order valence-electron chi connectivity index (χ2n) is 9.60. The normalized spacial score (nSPS) is 25.4. The summed E-state index contributed by atoms with van der Waals surface area (Å²) in [7, 11) is -5.20. The van der Waals surface area contributed by atoms with E-state index in [-0.39, 0.29) is 23.6 Å². The van der Waals surface area contributed by atoms with E-state index in [9.17, 15) is 34.5 Å². The Labute approximate surface area is 233 Å². The Balaban J connectivity index is 1.49. The first-order chi connectivity index (χ1) is 19.0. The molecule has 0 bridgehead atoms. The Hall–Kier alpha value is -1.98. The van der Waals surface area contributed by atoms with Gasteiger partial charge >= 0.3 is 13.6 Å². The van der Waals surface area contributed by atoms with Gasteiger partial charge in [-0.2, -0.15) is 15.1 Å². The summed E-state index contributed by atoms with van der Waals surface area (Å²) < 4.78 is 34.4. The molecule has 1 saturated heterocycles. The zero-order chi connectivity index (χ0) is 29.1. The summed E-state index contributed by atoms with van der Waals surface area (Å²) in [5, 5.41) is 36.7. The van der Waals surface area contributed by atoms with Crippen molar-refractivity contribution in [3.63, 3.8) is 0 Å². The number of nitrogens with one attached hydrogen (secondary N) is 1. The maximum atomic E-state index is 12.2. The number of halogens is 1. The number of anilines is 1. The number of ether oxygens (including phenoxy) is 4. The Morgan fingerprint density at radius 1 is 1.27 bits per heavy atom. The molecule has 2 aromatic rings. The van der Waals surface area contributed by atoms with E-state index in [1.165, 1.54) is 10.9 Å². The van der Waals surface area contributed by atoms with Crippen molar-refractivity contribution in [1.29, 1.82) is 0 Å². The lowest BCUT2D eigenvalue weighted by Crippen LogP contribution is -2.45. The third kappa shape index (κ3) is 6.57. The summed E-state index contributed by atoms with van der Waals surface area (Å²) in [6.07, 6.45) is -0.0813. The zero-order valence-corrected chi connectivity index (χ0v) is 23.3. The molecule has 0 spiro atoms. The van der Waals surface area contributed by atoms with Gasteiger partial charge in [0.15, 0.2) is 11.9 Å². The van der Waals surface area contributed by atoms with Crippen molar-refractivity contribution in [2.75, 3.05) is 38.4 Å². The van der Waals surface area contributed by atoms with Gasteiger partial charge in [0, 0.05) is 6.04 Å². The quantitative estimate of drug-likeness (QED) is 0.0990. The van der Waals surface area contributed by atoms with Gasteiger partial charge in [0.2, 0.25) is 10.6 Å². The van der Waals surface area contributed by atoms with Crippen LogP contribution in [0, 0.1) is 0 Å². The number of carbonyl (C=O) groups is 1. The molecule has 6 N–H and O–H groups in total. The highest BCUT2D eigenvalue weighted by Gasteiger charge is 2.51. The van der Waals surface area contributed by atoms with E-state index in [1.54, 1.807) is 6.92 Å². The molecule has 1 unspecified atom stereocenters. The Kier molecular flexibility index (Phi) is 9.99. The van der Waals surface area contributed by atoms with Gasteiger partial charge in [-0.25, -0.2) is 9.48 Å². The van der Waals surface area contributed by atoms with Crippen molar-refractivity contribution >= 4 is 42.0 Å². The molecule has 0 aromatic carbocycles. The zero-order valence-electron chi connectivity index (χ0n) is 21.6. The minimum Gasteiger partial charge on any atom is -0.464 e. The predicted octanol–water partition coefficient (Wildman–Crippen LogP) is -0.0840. The molecule has 18 heteroatoms. The Bertz CT molecular complexity index is 1230. The van der Waals surface area contributed by atoms with Gasteiger partial charge < -0.3 is 49.4 Å². The van der Waals surface area contributed by atoms with Crippen LogP contribution < -0.4 is 5.32 Å². The average Bonchev–Trinajstić information content (AvgIpc) is 3.62. The fourth-order valence-corrected chi connectivity index (χ4v) is 5.51. The number of aliphatic hydroxyl groups is 3. The summed E-state index contributed by atoms with van der Waals surface area (Å²) in [4.78, 5) is 39.8. The van der Waals surface area contributed by atoms with E-state index in [1.807, 2.05) is 0 Å². The standard InChI is InChI=1S/C22H33ClN5O11P/c1-2-37-15(30)9-36-11-22(10-29,40(33,34)35)38-8-14-16(31)17(32)20(39-14)28-19-13(7-24-28)18(26-21(23)27-19)25-12-5-3-4-6-12/h7,12,14,16-17,20,29,31-32H,2-6,8-11H2,1H3,(H,25,26,27)(H2,33,34,35)/t14-,16-,17-,20-,22?/m1/s1. The first-order valence-corrected chi connectivity index (χ1v) is 14.7. The molecule has 2 aromatic heterocycles. The molecular weight excluding hydrogens is 577 g/mol. The van der Waals surface area contributed by atoms with Crippen LogP contribution in [0.1, 0.15) is 38.8 Å². The van der Waals surface area contributed by atoms with Gasteiger partial charge in [-0.15, -0.1) is 0 Å². The number of hydrogen-bond acceptors (Lipinski definition) is 13. The van der Waals surface area contributed by atoms with E-state index in [2.05, 4.69) is 20.4 Å². The second kappa shape index (κ2) is 12.9. The van der Waals surface area contributed by atoms with Crippen LogP contribution in [0.5, 0.6) is 0 Å². The fourth-order valence-electron chi connectivity index (χ4n) is 4.65. The molecule has 1 aliphatic carbocycles. The molecular formula is C22H33ClN5O11P. The predicted molar refractivity (Wildman–Crippen MR) is 137 cm³/mol. The number of hydrogen-bond donors (Lipinski definition) is 6. The highest BCUT2D eigenvalue weighted by atomic mass is 35.5. The molecule has 16 nitrogen and oxygen atoms in total. The van der Waals surface area contributed by atoms with Gasteiger partial charge in [0.25, 0.3) is 0 Å². The van der Waals surface area contributed by atoms with Crippen LogP contribution >= 0.6 is 19.2 Å². The SMILES string of the molecule is CCOC(=O)COCC(CO)(OC[C@H]1O[C@@H](n2ncc3c(NC4CCCC4)nc(Cl)nc32)[C@H](O)[C@@H]1O)P(=O)(O)O. The van der Waals surface area contributed by atoms with Gasteiger partial charge in [0.05, 0.1) is 38.0 Å². The van der Waals surface area contributed by atoms with Gasteiger partial charge in [0.1, 0.15) is 30.7 Å². The Morgan fingerprint density at radius 3 is 2.65 bits per heavy atom. The van der Waals surface area contributed by atoms with E-state index in [0.29, 0.717) is 11.2 Å². The fraction of sp³-hybridized carbons (Fsp3) is 0.727. The lowest BCUT2D eigenvalue weighted by Gasteiger charge is -2.33. The number of carbonyl (C=O) groups excluding carboxylic acids is 1. The van der Waals surface area contributed by atoms with Crippen LogP contribution in [0.25, 0.3) is 11.0 Å². The molecule has 0 radical (unpaired) electrons. The van der Waals surface area contributed by atoms with Crippen LogP contribution in [0.3, 0.4) is 0 Å². The van der Waals surface area contributed by atoms with Gasteiger partial charge in [-0.05, 0) is 31.4 Å². The summed E-state index contributed by atoms with van der Waals surface area (Å²) in [5.41, 5.74) is 0.227. The molecule has 1 saturated carbocycles. The number of aromatic nitrogens is 4. The molecule has 3 heterocycles. The van der Waals surface area contributed by atoms with E-state index < -0.39 is 69.9 Å². The van der Waals surface area contributed by atoms with Crippen molar-refractivity contribution in [3.8, 4) is 0 Å². The average molecular weight is 610 g/mol. The molecule has 1 aliphatic heterocycles. The van der Waals surface area contributed by atoms with E-state index in [0.717, 1.165) is 25.7 Å². The summed E-state index contributed by atoms with van der Waals surface area (Å²) in [5.74, 6) is -0.309. The van der Waals surface area contributed by atoms with Crippen LogP contribution in [0.2, 0.25) is 5.28 Å². The first kappa shape index (κ1) is 31.0. The lowest BCUT2D eigenvalue weighted by atomic mass is 10.1. The molecule has 40 heavy (non-hydrogen) atoms. The van der Waals surface area contributed by atoms with Crippen LogP contribution in [0.15, 0.2) is 6.20 Å². The first-order valence-electron chi connectivity index (χ1n) is 12.7. The summed E-state index contributed by atoms with van der Waals surface area (Å²) >= 11 is 6.16. The largest absolute Gasteiger partial charge is 0.464 e. The minimum atomic E-state index is -5.20. The molecule has 0 amide bonds. The van der Waals surface area contributed by atoms with Crippen LogP contribution in [-0.2, 0) is 28.3 Å². The summed E-state index contributed by atoms with van der Waals surface area (Å²) in [6.45, 7) is -1.74. The maximum Gasteiger partial charge on any atom is 0.361 e. The van der Waals surface area contributed by atoms with Crippen LogP contribution in [0.4, 0.5) is 5.82 Å². The van der Waals surface area contributed by atoms with E-state index >= 15 is 0 Å². The topological polar surface area (TPSA) is 228 Å². The second-order valence-corrected chi connectivity index (χ2v) is 11.8. The van der Waals surface area contributed by atoms with Crippen molar-refractivity contribution < 1.29 is 53.4 Å². The van der Waals surface area contributed by atoms with Gasteiger partial charge in [-0.1, -0.05) is 12.8 Å². The van der Waals surface area contributed by atoms with Crippen LogP contribution in [-0.4, -0.2) is 114 Å². The lowest BCUT2D eigenvalue weighted by molar-refractivity contribution is -0.155. The number of nitrogens with zero attached hydrogens (tertiary/aromatic N) is 4. The third-order valence-electron chi connectivity index (χ3n) is 6.85. The maximum absolute atomic E-state index is 12.2. The number of rotatable bonds is 13. The van der Waals surface area contributed by atoms with Crippen molar-refractivity contribution in [2.45, 2.75) is 68.5 Å². The number of fused-ring (bicyclic) bond motifs is 1. The van der Waals surface area contributed by atoms with E-state index in [4.69, 9.17) is 30.5 Å². The molecule has 224 valence electrons. The third-order valence-corrected chi connectivity index (χ3v) is 8.48. The number of aliphatic hydroxyl groups excluding tert-OH is 3. The molecule has 2 aliphatic rings. The highest BCUT2D eigenvalue weighted by molar-refractivity contribution is 7.53.